The molecule has 0 fully saturated rings. The summed E-state index contributed by atoms with van der Waals surface area (Å²) in [7, 11) is 1.78. The Balaban J connectivity index is 1.78. The molecule has 0 aromatic carbocycles. The van der Waals surface area contributed by atoms with Gasteiger partial charge >= 0.3 is 0 Å². The molecule has 0 unspecified atom stereocenters. The van der Waals surface area contributed by atoms with Crippen molar-refractivity contribution >= 4 is 11.8 Å². The fourth-order valence-electron chi connectivity index (χ4n) is 2.52. The average molecular weight is 340 g/mol. The zero-order chi connectivity index (χ0) is 17.9. The number of guanidine groups is 1. The highest BCUT2D eigenvalue weighted by Crippen LogP contribution is 2.10. The van der Waals surface area contributed by atoms with Crippen LogP contribution in [0, 0.1) is 0 Å². The summed E-state index contributed by atoms with van der Waals surface area (Å²) in [4.78, 5) is 15.3. The number of pyridine rings is 2. The van der Waals surface area contributed by atoms with Gasteiger partial charge in [0.2, 0.25) is 0 Å². The summed E-state index contributed by atoms with van der Waals surface area (Å²) < 4.78 is 0. The van der Waals surface area contributed by atoms with Gasteiger partial charge in [0.1, 0.15) is 5.82 Å². The molecule has 0 saturated carbocycles. The lowest BCUT2D eigenvalue weighted by Gasteiger charge is -2.19. The van der Waals surface area contributed by atoms with Crippen LogP contribution in [0.5, 0.6) is 0 Å². The Morgan fingerprint density at radius 2 is 1.92 bits per heavy atom. The molecule has 0 amide bonds. The van der Waals surface area contributed by atoms with Gasteiger partial charge in [0.05, 0.1) is 0 Å². The van der Waals surface area contributed by atoms with Gasteiger partial charge in [-0.15, -0.1) is 0 Å². The fourth-order valence-corrected chi connectivity index (χ4v) is 2.52. The van der Waals surface area contributed by atoms with Crippen molar-refractivity contribution in [2.24, 2.45) is 4.99 Å². The standard InChI is InChI=1S/C19H28N6/c1-4-25(5-2)18-10-9-16(14-23-18)15-24-19(20-3)22-13-11-17-8-6-7-12-21-17/h6-10,12,14H,4-5,11,13,15H2,1-3H3,(H2,20,22,24). The maximum atomic E-state index is 4.54. The zero-order valence-electron chi connectivity index (χ0n) is 15.4. The molecule has 25 heavy (non-hydrogen) atoms. The van der Waals surface area contributed by atoms with Crippen LogP contribution in [0.1, 0.15) is 25.1 Å². The number of hydrogen-bond acceptors (Lipinski definition) is 4. The number of nitrogens with zero attached hydrogens (tertiary/aromatic N) is 4. The number of aromatic nitrogens is 2. The molecule has 134 valence electrons. The highest BCUT2D eigenvalue weighted by atomic mass is 15.2. The molecular formula is C19H28N6. The lowest BCUT2D eigenvalue weighted by Crippen LogP contribution is -2.38. The van der Waals surface area contributed by atoms with E-state index in [0.717, 1.165) is 49.1 Å². The Morgan fingerprint density at radius 1 is 1.08 bits per heavy atom. The lowest BCUT2D eigenvalue weighted by atomic mass is 10.2. The highest BCUT2D eigenvalue weighted by Gasteiger charge is 2.04. The van der Waals surface area contributed by atoms with Crippen LogP contribution in [-0.4, -0.2) is 42.6 Å². The molecule has 2 N–H and O–H groups in total. The van der Waals surface area contributed by atoms with Crippen LogP contribution in [0.15, 0.2) is 47.7 Å². The van der Waals surface area contributed by atoms with E-state index in [1.54, 1.807) is 7.05 Å². The van der Waals surface area contributed by atoms with Crippen molar-refractivity contribution in [3.8, 4) is 0 Å². The van der Waals surface area contributed by atoms with E-state index < -0.39 is 0 Å². The lowest BCUT2D eigenvalue weighted by molar-refractivity contribution is 0.781. The normalized spacial score (nSPS) is 11.2. The number of nitrogens with one attached hydrogen (secondary N) is 2. The quantitative estimate of drug-likeness (QED) is 0.570. The van der Waals surface area contributed by atoms with Crippen molar-refractivity contribution in [3.05, 3.63) is 54.0 Å². The SMILES string of the molecule is CCN(CC)c1ccc(CNC(=NC)NCCc2ccccn2)cn1. The van der Waals surface area contributed by atoms with Crippen LogP contribution in [0.3, 0.4) is 0 Å². The molecule has 2 aromatic heterocycles. The van der Waals surface area contributed by atoms with E-state index in [1.165, 1.54) is 0 Å². The van der Waals surface area contributed by atoms with Crippen molar-refractivity contribution < 1.29 is 0 Å². The molecule has 2 rings (SSSR count). The van der Waals surface area contributed by atoms with Crippen molar-refractivity contribution in [2.45, 2.75) is 26.8 Å². The number of anilines is 1. The Morgan fingerprint density at radius 3 is 2.52 bits per heavy atom. The van der Waals surface area contributed by atoms with Gasteiger partial charge in [0.15, 0.2) is 5.96 Å². The molecule has 0 aliphatic rings. The van der Waals surface area contributed by atoms with Crippen LogP contribution >= 0.6 is 0 Å². The Hall–Kier alpha value is -2.63. The Kier molecular flexibility index (Phi) is 7.69. The second-order valence-electron chi connectivity index (χ2n) is 5.62. The van der Waals surface area contributed by atoms with Gasteiger partial charge in [-0.3, -0.25) is 9.98 Å². The molecule has 0 saturated heterocycles. The van der Waals surface area contributed by atoms with Crippen LogP contribution < -0.4 is 15.5 Å². The Labute approximate surface area is 150 Å². The van der Waals surface area contributed by atoms with Gasteiger partial charge in [-0.2, -0.15) is 0 Å². The summed E-state index contributed by atoms with van der Waals surface area (Å²) in [5.41, 5.74) is 2.20. The first-order valence-corrected chi connectivity index (χ1v) is 8.81. The minimum atomic E-state index is 0.689. The van der Waals surface area contributed by atoms with Gasteiger partial charge < -0.3 is 15.5 Å². The molecule has 0 bridgehead atoms. The van der Waals surface area contributed by atoms with E-state index in [1.807, 2.05) is 30.6 Å². The smallest absolute Gasteiger partial charge is 0.191 e. The summed E-state index contributed by atoms with van der Waals surface area (Å²) in [6, 6.07) is 10.1. The highest BCUT2D eigenvalue weighted by molar-refractivity contribution is 5.79. The van der Waals surface area contributed by atoms with Gasteiger partial charge in [0.25, 0.3) is 0 Å². The van der Waals surface area contributed by atoms with Crippen LogP contribution in [0.4, 0.5) is 5.82 Å². The molecule has 6 heteroatoms. The maximum absolute atomic E-state index is 4.54. The maximum Gasteiger partial charge on any atom is 0.191 e. The molecule has 2 aromatic rings. The molecule has 6 nitrogen and oxygen atoms in total. The summed E-state index contributed by atoms with van der Waals surface area (Å²) in [5.74, 6) is 1.80. The van der Waals surface area contributed by atoms with Gasteiger partial charge in [-0.25, -0.2) is 4.98 Å². The summed E-state index contributed by atoms with van der Waals surface area (Å²) in [6.45, 7) is 7.69. The summed E-state index contributed by atoms with van der Waals surface area (Å²) in [5, 5.41) is 6.62. The molecule has 0 radical (unpaired) electrons. The fraction of sp³-hybridized carbons (Fsp3) is 0.421. The minimum absolute atomic E-state index is 0.689. The first kappa shape index (κ1) is 18.7. The van der Waals surface area contributed by atoms with E-state index in [2.05, 4.69) is 56.5 Å². The van der Waals surface area contributed by atoms with Crippen molar-refractivity contribution in [3.63, 3.8) is 0 Å². The minimum Gasteiger partial charge on any atom is -0.357 e. The number of rotatable bonds is 8. The second-order valence-corrected chi connectivity index (χ2v) is 5.62. The predicted octanol–water partition coefficient (Wildman–Crippen LogP) is 2.23. The Bertz CT molecular complexity index is 635. The molecule has 2 heterocycles. The van der Waals surface area contributed by atoms with Crippen molar-refractivity contribution in [1.82, 2.24) is 20.6 Å². The summed E-state index contributed by atoms with van der Waals surface area (Å²) >= 11 is 0. The third-order valence-corrected chi connectivity index (χ3v) is 3.98. The summed E-state index contributed by atoms with van der Waals surface area (Å²) in [6.07, 6.45) is 4.60. The van der Waals surface area contributed by atoms with E-state index >= 15 is 0 Å². The van der Waals surface area contributed by atoms with Crippen LogP contribution in [0.2, 0.25) is 0 Å². The van der Waals surface area contributed by atoms with Crippen molar-refractivity contribution in [2.75, 3.05) is 31.6 Å². The molecule has 0 atom stereocenters. The topological polar surface area (TPSA) is 65.4 Å². The number of hydrogen-bond donors (Lipinski definition) is 2. The first-order valence-electron chi connectivity index (χ1n) is 8.81. The van der Waals surface area contributed by atoms with Gasteiger partial charge in [0, 0.05) is 57.7 Å². The van der Waals surface area contributed by atoms with E-state index in [0.29, 0.717) is 6.54 Å². The molecular weight excluding hydrogens is 312 g/mol. The average Bonchev–Trinajstić information content (AvgIpc) is 2.67. The zero-order valence-corrected chi connectivity index (χ0v) is 15.4. The first-order chi connectivity index (χ1) is 12.3. The van der Waals surface area contributed by atoms with E-state index in [-0.39, 0.29) is 0 Å². The van der Waals surface area contributed by atoms with E-state index in [9.17, 15) is 0 Å². The second kappa shape index (κ2) is 10.3. The van der Waals surface area contributed by atoms with Crippen LogP contribution in [-0.2, 0) is 13.0 Å². The molecule has 0 aliphatic heterocycles. The van der Waals surface area contributed by atoms with E-state index in [4.69, 9.17) is 0 Å². The van der Waals surface area contributed by atoms with Gasteiger partial charge in [-0.1, -0.05) is 12.1 Å². The predicted molar refractivity (Wildman–Crippen MR) is 104 cm³/mol. The largest absolute Gasteiger partial charge is 0.357 e. The third-order valence-electron chi connectivity index (χ3n) is 3.98. The molecule has 0 aliphatic carbocycles. The molecule has 0 spiro atoms. The van der Waals surface area contributed by atoms with Crippen molar-refractivity contribution in [1.29, 1.82) is 0 Å². The number of aliphatic imine (C=N–C) groups is 1. The monoisotopic (exact) mass is 340 g/mol. The third kappa shape index (κ3) is 6.06. The van der Waals surface area contributed by atoms with Crippen LogP contribution in [0.25, 0.3) is 0 Å². The van der Waals surface area contributed by atoms with Gasteiger partial charge in [-0.05, 0) is 37.6 Å².